The average Bonchev–Trinajstić information content (AvgIpc) is 2.55. The van der Waals surface area contributed by atoms with Crippen LogP contribution in [0.1, 0.15) is 31.1 Å². The number of benzene rings is 1. The van der Waals surface area contributed by atoms with Gasteiger partial charge in [-0.3, -0.25) is 4.79 Å². The number of likely N-dealkylation sites (N-methyl/N-ethyl adjacent to an activating group) is 1. The number of carbonyl (C=O) groups is 2. The second kappa shape index (κ2) is 9.78. The normalized spacial score (nSPS) is 12.9. The molecular formula is C18H22BrF2NO4. The number of halogens is 3. The van der Waals surface area contributed by atoms with Crippen LogP contribution in [0.15, 0.2) is 28.4 Å². The van der Waals surface area contributed by atoms with Crippen molar-refractivity contribution in [2.24, 2.45) is 5.92 Å². The molecule has 0 aliphatic rings. The van der Waals surface area contributed by atoms with E-state index in [1.54, 1.807) is 14.0 Å². The van der Waals surface area contributed by atoms with E-state index in [1.165, 1.54) is 11.1 Å². The standard InChI is InChI=1S/C18H22BrF2NO4/c1-5-26-18(25)12(8-22(4)16(9-23)10(2)3)17(24)11-6-13(19)15(21)7-14(11)20/h6-8,10,16,23H,5,9H2,1-4H3/t16-/m1/s1. The Morgan fingerprint density at radius 2 is 1.92 bits per heavy atom. The van der Waals surface area contributed by atoms with Crippen molar-refractivity contribution in [2.45, 2.75) is 26.8 Å². The molecule has 1 N–H and O–H groups in total. The van der Waals surface area contributed by atoms with Crippen molar-refractivity contribution < 1.29 is 28.2 Å². The zero-order valence-electron chi connectivity index (χ0n) is 15.1. The van der Waals surface area contributed by atoms with Crippen LogP contribution >= 0.6 is 15.9 Å². The molecule has 0 saturated heterocycles. The first-order valence-corrected chi connectivity index (χ1v) is 8.84. The Kier molecular flexibility index (Phi) is 8.36. The lowest BCUT2D eigenvalue weighted by Gasteiger charge is -2.29. The number of nitrogens with zero attached hydrogens (tertiary/aromatic N) is 1. The van der Waals surface area contributed by atoms with Gasteiger partial charge < -0.3 is 14.7 Å². The number of ketones is 1. The van der Waals surface area contributed by atoms with Crippen molar-refractivity contribution in [3.63, 3.8) is 0 Å². The monoisotopic (exact) mass is 433 g/mol. The number of esters is 1. The molecule has 0 amide bonds. The van der Waals surface area contributed by atoms with Crippen molar-refractivity contribution in [1.82, 2.24) is 4.90 Å². The predicted molar refractivity (Wildman–Crippen MR) is 96.6 cm³/mol. The largest absolute Gasteiger partial charge is 0.462 e. The second-order valence-corrected chi connectivity index (χ2v) is 6.85. The van der Waals surface area contributed by atoms with Crippen LogP contribution in [0.25, 0.3) is 0 Å². The van der Waals surface area contributed by atoms with Gasteiger partial charge in [-0.05, 0) is 34.8 Å². The molecule has 0 radical (unpaired) electrons. The lowest BCUT2D eigenvalue weighted by molar-refractivity contribution is -0.138. The molecule has 1 rings (SSSR count). The molecule has 0 fully saturated rings. The number of carbonyl (C=O) groups excluding carboxylic acids is 2. The van der Waals surface area contributed by atoms with E-state index in [9.17, 15) is 23.5 Å². The summed E-state index contributed by atoms with van der Waals surface area (Å²) in [4.78, 5) is 26.5. The van der Waals surface area contributed by atoms with Crippen LogP contribution in [0.2, 0.25) is 0 Å². The molecule has 1 aromatic rings. The Bertz CT molecular complexity index is 707. The second-order valence-electron chi connectivity index (χ2n) is 6.00. The summed E-state index contributed by atoms with van der Waals surface area (Å²) >= 11 is 2.90. The summed E-state index contributed by atoms with van der Waals surface area (Å²) in [5.41, 5.74) is -0.873. The minimum Gasteiger partial charge on any atom is -0.462 e. The van der Waals surface area contributed by atoms with Gasteiger partial charge in [-0.15, -0.1) is 0 Å². The fourth-order valence-electron chi connectivity index (χ4n) is 2.36. The fourth-order valence-corrected chi connectivity index (χ4v) is 2.71. The maximum Gasteiger partial charge on any atom is 0.343 e. The summed E-state index contributed by atoms with van der Waals surface area (Å²) in [6, 6.07) is 1.18. The molecule has 0 aromatic heterocycles. The average molecular weight is 434 g/mol. The summed E-state index contributed by atoms with van der Waals surface area (Å²) in [5, 5.41) is 9.51. The topological polar surface area (TPSA) is 66.8 Å². The zero-order chi connectivity index (χ0) is 20.0. The molecule has 0 unspecified atom stereocenters. The third kappa shape index (κ3) is 5.35. The van der Waals surface area contributed by atoms with Gasteiger partial charge in [-0.2, -0.15) is 0 Å². The number of aliphatic hydroxyl groups excluding tert-OH is 1. The third-order valence-electron chi connectivity index (χ3n) is 3.81. The van der Waals surface area contributed by atoms with E-state index in [4.69, 9.17) is 4.74 Å². The molecule has 1 atom stereocenters. The zero-order valence-corrected chi connectivity index (χ0v) is 16.6. The summed E-state index contributed by atoms with van der Waals surface area (Å²) < 4.78 is 32.3. The summed E-state index contributed by atoms with van der Waals surface area (Å²) in [6.07, 6.45) is 1.22. The van der Waals surface area contributed by atoms with E-state index < -0.39 is 34.5 Å². The van der Waals surface area contributed by atoms with E-state index >= 15 is 0 Å². The third-order valence-corrected chi connectivity index (χ3v) is 4.41. The van der Waals surface area contributed by atoms with E-state index in [0.29, 0.717) is 6.07 Å². The number of Topliss-reactive ketones (excluding diaryl/α,β-unsaturated/α-hetero) is 1. The number of hydrogen-bond acceptors (Lipinski definition) is 5. The SMILES string of the molecule is CCOC(=O)C(=CN(C)[C@H](CO)C(C)C)C(=O)c1cc(Br)c(F)cc1F. The summed E-state index contributed by atoms with van der Waals surface area (Å²) in [5.74, 6) is -3.79. The highest BCUT2D eigenvalue weighted by atomic mass is 79.9. The lowest BCUT2D eigenvalue weighted by Crippen LogP contribution is -2.36. The van der Waals surface area contributed by atoms with Crippen LogP contribution < -0.4 is 0 Å². The first kappa shape index (κ1) is 22.2. The minimum absolute atomic E-state index is 0.0242. The van der Waals surface area contributed by atoms with Gasteiger partial charge in [0.2, 0.25) is 5.78 Å². The molecule has 0 aliphatic heterocycles. The first-order valence-electron chi connectivity index (χ1n) is 8.04. The summed E-state index contributed by atoms with van der Waals surface area (Å²) in [6.45, 7) is 5.13. The van der Waals surface area contributed by atoms with Crippen LogP contribution in [0.5, 0.6) is 0 Å². The number of hydrogen-bond donors (Lipinski definition) is 1. The molecule has 0 saturated carbocycles. The van der Waals surface area contributed by atoms with Crippen LogP contribution in [-0.2, 0) is 9.53 Å². The molecule has 1 aromatic carbocycles. The molecule has 0 aliphatic carbocycles. The molecule has 0 heterocycles. The van der Waals surface area contributed by atoms with Crippen molar-refractivity contribution in [3.8, 4) is 0 Å². The number of ether oxygens (including phenoxy) is 1. The lowest BCUT2D eigenvalue weighted by atomic mass is 10.0. The van der Waals surface area contributed by atoms with Crippen LogP contribution in [-0.4, -0.2) is 48.1 Å². The maximum atomic E-state index is 14.1. The van der Waals surface area contributed by atoms with E-state index in [2.05, 4.69) is 15.9 Å². The van der Waals surface area contributed by atoms with Gasteiger partial charge in [0.05, 0.1) is 29.3 Å². The minimum atomic E-state index is -1.09. The highest BCUT2D eigenvalue weighted by Crippen LogP contribution is 2.23. The van der Waals surface area contributed by atoms with Gasteiger partial charge in [-0.25, -0.2) is 13.6 Å². The van der Waals surface area contributed by atoms with E-state index in [-0.39, 0.29) is 29.6 Å². The van der Waals surface area contributed by atoms with Gasteiger partial charge in [0.15, 0.2) is 0 Å². The van der Waals surface area contributed by atoms with Crippen molar-refractivity contribution >= 4 is 27.7 Å². The predicted octanol–water partition coefficient (Wildman–Crippen LogP) is 3.31. The molecule has 8 heteroatoms. The van der Waals surface area contributed by atoms with Crippen LogP contribution in [0.4, 0.5) is 8.78 Å². The van der Waals surface area contributed by atoms with Crippen LogP contribution in [0.3, 0.4) is 0 Å². The first-order chi connectivity index (χ1) is 12.1. The molecule has 26 heavy (non-hydrogen) atoms. The maximum absolute atomic E-state index is 14.1. The van der Waals surface area contributed by atoms with Gasteiger partial charge in [0.1, 0.15) is 17.2 Å². The Hall–Kier alpha value is -1.80. The highest BCUT2D eigenvalue weighted by Gasteiger charge is 2.27. The van der Waals surface area contributed by atoms with Gasteiger partial charge in [0, 0.05) is 19.3 Å². The smallest absolute Gasteiger partial charge is 0.343 e. The molecule has 0 spiro atoms. The highest BCUT2D eigenvalue weighted by molar-refractivity contribution is 9.10. The molecule has 5 nitrogen and oxygen atoms in total. The van der Waals surface area contributed by atoms with Gasteiger partial charge >= 0.3 is 5.97 Å². The van der Waals surface area contributed by atoms with Crippen molar-refractivity contribution in [1.29, 1.82) is 0 Å². The molecule has 144 valence electrons. The summed E-state index contributed by atoms with van der Waals surface area (Å²) in [7, 11) is 1.59. The molecule has 0 bridgehead atoms. The number of aliphatic hydroxyl groups is 1. The van der Waals surface area contributed by atoms with Crippen molar-refractivity contribution in [3.05, 3.63) is 45.6 Å². The fraction of sp³-hybridized carbons (Fsp3) is 0.444. The van der Waals surface area contributed by atoms with Crippen LogP contribution in [0, 0.1) is 17.6 Å². The Morgan fingerprint density at radius 1 is 1.31 bits per heavy atom. The Labute approximate surface area is 159 Å². The van der Waals surface area contributed by atoms with E-state index in [1.807, 2.05) is 13.8 Å². The Morgan fingerprint density at radius 3 is 2.42 bits per heavy atom. The molecular weight excluding hydrogens is 412 g/mol. The van der Waals surface area contributed by atoms with Gasteiger partial charge in [0.25, 0.3) is 0 Å². The van der Waals surface area contributed by atoms with Gasteiger partial charge in [-0.1, -0.05) is 13.8 Å². The quantitative estimate of drug-likeness (QED) is 0.170. The van der Waals surface area contributed by atoms with Crippen molar-refractivity contribution in [2.75, 3.05) is 20.3 Å². The Balaban J connectivity index is 3.38. The van der Waals surface area contributed by atoms with E-state index in [0.717, 1.165) is 6.07 Å². The number of rotatable bonds is 8.